The lowest BCUT2D eigenvalue weighted by Gasteiger charge is -2.61. The van der Waals surface area contributed by atoms with Gasteiger partial charge in [0.05, 0.1) is 6.10 Å². The van der Waals surface area contributed by atoms with Crippen molar-refractivity contribution in [3.05, 3.63) is 11.6 Å². The SMILES string of the molecule is CO[C@@H]1C[C@H]2[C@@H]3CC[C@H]([C@H](C)[C@@H]4C=C(C(C)C)COO4)[C@@]3(C)CC[C@@H]2[C@@]2(C)CC[C@@H]3C[C@]312. The van der Waals surface area contributed by atoms with Gasteiger partial charge in [0.25, 0.3) is 0 Å². The van der Waals surface area contributed by atoms with E-state index in [1.165, 1.54) is 56.9 Å². The lowest BCUT2D eigenvalue weighted by molar-refractivity contribution is -0.328. The summed E-state index contributed by atoms with van der Waals surface area (Å²) in [5.41, 5.74) is 2.91. The zero-order valence-electron chi connectivity index (χ0n) is 21.4. The van der Waals surface area contributed by atoms with Crippen LogP contribution in [-0.2, 0) is 14.5 Å². The molecule has 6 aliphatic rings. The van der Waals surface area contributed by atoms with Crippen molar-refractivity contribution < 1.29 is 14.5 Å². The average molecular weight is 443 g/mol. The Morgan fingerprint density at radius 2 is 1.84 bits per heavy atom. The Kier molecular flexibility index (Phi) is 5.05. The summed E-state index contributed by atoms with van der Waals surface area (Å²) in [4.78, 5) is 11.5. The first-order valence-corrected chi connectivity index (χ1v) is 13.8. The Hall–Kier alpha value is -0.380. The van der Waals surface area contributed by atoms with Crippen LogP contribution in [0.4, 0.5) is 0 Å². The number of rotatable bonds is 4. The van der Waals surface area contributed by atoms with Crippen molar-refractivity contribution >= 4 is 0 Å². The molecule has 0 amide bonds. The van der Waals surface area contributed by atoms with Gasteiger partial charge in [-0.25, -0.2) is 9.78 Å². The predicted octanol–water partition coefficient (Wildman–Crippen LogP) is 6.82. The Bertz CT molecular complexity index is 789. The summed E-state index contributed by atoms with van der Waals surface area (Å²) in [7, 11) is 2.01. The van der Waals surface area contributed by atoms with Crippen LogP contribution in [0, 0.1) is 57.7 Å². The molecule has 3 heteroatoms. The molecule has 0 bridgehead atoms. The number of ether oxygens (including phenoxy) is 1. The third kappa shape index (κ3) is 2.71. The van der Waals surface area contributed by atoms with Crippen molar-refractivity contribution in [2.24, 2.45) is 57.7 Å². The van der Waals surface area contributed by atoms with Crippen LogP contribution in [-0.4, -0.2) is 25.9 Å². The Balaban J connectivity index is 1.27. The van der Waals surface area contributed by atoms with Gasteiger partial charge in [-0.1, -0.05) is 40.7 Å². The molecule has 11 atom stereocenters. The second kappa shape index (κ2) is 7.31. The van der Waals surface area contributed by atoms with Crippen molar-refractivity contribution in [1.82, 2.24) is 0 Å². The lowest BCUT2D eigenvalue weighted by atomic mass is 9.45. The van der Waals surface area contributed by atoms with Crippen molar-refractivity contribution in [2.75, 3.05) is 13.7 Å². The van der Waals surface area contributed by atoms with E-state index in [1.807, 2.05) is 7.11 Å². The third-order valence-electron chi connectivity index (χ3n) is 12.6. The van der Waals surface area contributed by atoms with Crippen LogP contribution in [0.25, 0.3) is 0 Å². The summed E-state index contributed by atoms with van der Waals surface area (Å²) in [6, 6.07) is 0. The molecular formula is C29H46O3. The highest BCUT2D eigenvalue weighted by Crippen LogP contribution is 2.82. The minimum absolute atomic E-state index is 0.111. The summed E-state index contributed by atoms with van der Waals surface area (Å²) < 4.78 is 6.30. The molecule has 1 aliphatic heterocycles. The Morgan fingerprint density at radius 1 is 1.03 bits per heavy atom. The molecule has 0 unspecified atom stereocenters. The molecule has 1 spiro atoms. The molecule has 0 saturated heterocycles. The highest BCUT2D eigenvalue weighted by atomic mass is 17.2. The van der Waals surface area contributed by atoms with E-state index in [0.29, 0.717) is 40.8 Å². The van der Waals surface area contributed by atoms with Crippen molar-refractivity contribution in [3.8, 4) is 0 Å². The normalized spacial score (nSPS) is 55.0. The summed E-state index contributed by atoms with van der Waals surface area (Å²) in [6.07, 6.45) is 14.3. The van der Waals surface area contributed by atoms with E-state index in [4.69, 9.17) is 14.5 Å². The first-order chi connectivity index (χ1) is 15.3. The first-order valence-electron chi connectivity index (χ1n) is 13.8. The largest absolute Gasteiger partial charge is 0.381 e. The fourth-order valence-corrected chi connectivity index (χ4v) is 10.8. The van der Waals surface area contributed by atoms with Crippen LogP contribution in [0.3, 0.4) is 0 Å². The maximum absolute atomic E-state index is 6.30. The van der Waals surface area contributed by atoms with Gasteiger partial charge in [-0.2, -0.15) is 0 Å². The van der Waals surface area contributed by atoms with Crippen LogP contribution < -0.4 is 0 Å². The van der Waals surface area contributed by atoms with E-state index >= 15 is 0 Å². The van der Waals surface area contributed by atoms with Crippen LogP contribution >= 0.6 is 0 Å². The van der Waals surface area contributed by atoms with E-state index in [9.17, 15) is 0 Å². The van der Waals surface area contributed by atoms with Crippen LogP contribution in [0.2, 0.25) is 0 Å². The van der Waals surface area contributed by atoms with Crippen LogP contribution in [0.15, 0.2) is 11.6 Å². The fourth-order valence-electron chi connectivity index (χ4n) is 10.8. The molecule has 3 nitrogen and oxygen atoms in total. The van der Waals surface area contributed by atoms with Gasteiger partial charge in [0.1, 0.15) is 12.7 Å². The molecule has 5 saturated carbocycles. The topological polar surface area (TPSA) is 27.7 Å². The van der Waals surface area contributed by atoms with Gasteiger partial charge in [0.15, 0.2) is 0 Å². The molecule has 32 heavy (non-hydrogen) atoms. The third-order valence-corrected chi connectivity index (χ3v) is 12.6. The monoisotopic (exact) mass is 442 g/mol. The summed E-state index contributed by atoms with van der Waals surface area (Å²) in [5.74, 6) is 5.39. The predicted molar refractivity (Wildman–Crippen MR) is 127 cm³/mol. The first kappa shape index (κ1) is 22.1. The zero-order chi connectivity index (χ0) is 22.5. The van der Waals surface area contributed by atoms with Gasteiger partial charge in [0.2, 0.25) is 0 Å². The molecule has 0 aromatic heterocycles. The lowest BCUT2D eigenvalue weighted by Crippen LogP contribution is -2.57. The number of hydrogen-bond acceptors (Lipinski definition) is 3. The molecule has 0 aromatic rings. The number of hydrogen-bond donors (Lipinski definition) is 0. The molecule has 5 aliphatic carbocycles. The van der Waals surface area contributed by atoms with Gasteiger partial charge >= 0.3 is 0 Å². The van der Waals surface area contributed by atoms with Gasteiger partial charge in [-0.15, -0.1) is 0 Å². The van der Waals surface area contributed by atoms with Crippen molar-refractivity contribution in [2.45, 2.75) is 98.2 Å². The number of methoxy groups -OCH3 is 1. The fraction of sp³-hybridized carbons (Fsp3) is 0.931. The van der Waals surface area contributed by atoms with E-state index < -0.39 is 0 Å². The highest BCUT2D eigenvalue weighted by molar-refractivity contribution is 5.26. The van der Waals surface area contributed by atoms with Gasteiger partial charge in [-0.3, -0.25) is 0 Å². The second-order valence-electron chi connectivity index (χ2n) is 13.5. The van der Waals surface area contributed by atoms with E-state index in [0.717, 1.165) is 29.6 Å². The molecule has 6 rings (SSSR count). The highest BCUT2D eigenvalue weighted by Gasteiger charge is 2.77. The van der Waals surface area contributed by atoms with E-state index in [2.05, 4.69) is 40.7 Å². The maximum atomic E-state index is 6.30. The van der Waals surface area contributed by atoms with E-state index in [1.54, 1.807) is 0 Å². The maximum Gasteiger partial charge on any atom is 0.114 e. The molecule has 0 radical (unpaired) electrons. The van der Waals surface area contributed by atoms with Gasteiger partial charge in [-0.05, 0) is 109 Å². The summed E-state index contributed by atoms with van der Waals surface area (Å²) in [5, 5.41) is 0. The van der Waals surface area contributed by atoms with Crippen molar-refractivity contribution in [1.29, 1.82) is 0 Å². The number of fused-ring (bicyclic) bond motifs is 4. The van der Waals surface area contributed by atoms with E-state index in [-0.39, 0.29) is 6.10 Å². The van der Waals surface area contributed by atoms with Crippen LogP contribution in [0.1, 0.15) is 86.0 Å². The Labute approximate surface area is 196 Å². The summed E-state index contributed by atoms with van der Waals surface area (Å²) >= 11 is 0. The minimum Gasteiger partial charge on any atom is -0.381 e. The molecule has 5 fully saturated rings. The van der Waals surface area contributed by atoms with Gasteiger partial charge < -0.3 is 4.74 Å². The van der Waals surface area contributed by atoms with Crippen LogP contribution in [0.5, 0.6) is 0 Å². The Morgan fingerprint density at radius 3 is 2.56 bits per heavy atom. The van der Waals surface area contributed by atoms with Crippen molar-refractivity contribution in [3.63, 3.8) is 0 Å². The molecule has 0 aromatic carbocycles. The second-order valence-corrected chi connectivity index (χ2v) is 13.5. The van der Waals surface area contributed by atoms with Gasteiger partial charge in [0, 0.05) is 12.5 Å². The summed E-state index contributed by atoms with van der Waals surface area (Å²) in [6.45, 7) is 13.0. The minimum atomic E-state index is 0.111. The quantitative estimate of drug-likeness (QED) is 0.353. The molecular weight excluding hydrogens is 396 g/mol. The molecule has 180 valence electrons. The standard InChI is InChI=1S/C29H46O3/c1-17(2)19-13-25(32-31-16-19)18(3)22-7-8-23-21-14-26(30-6)29-15-20(29)9-12-28(29,5)24(21)10-11-27(22,23)4/h13,17-18,20-26H,7-12,14-16H2,1-6H3/t18-,20+,21-,22+,23-,24-,25-,26+,27+,28+,29-/m0/s1. The smallest absolute Gasteiger partial charge is 0.114 e. The zero-order valence-corrected chi connectivity index (χ0v) is 21.4. The molecule has 0 N–H and O–H groups in total. The average Bonchev–Trinajstić information content (AvgIpc) is 3.30. The molecule has 1 heterocycles.